The topological polar surface area (TPSA) is 296 Å². The van der Waals surface area contributed by atoms with Gasteiger partial charge in [-0.25, -0.2) is 27.2 Å². The maximum absolute atomic E-state index is 14.3. The van der Waals surface area contributed by atoms with Gasteiger partial charge in [-0.1, -0.05) is 76.7 Å². The number of sulfonamides is 1. The Hall–Kier alpha value is -7.85. The first-order valence-corrected chi connectivity index (χ1v) is 40.1. The minimum atomic E-state index is -3.49. The zero-order valence-electron chi connectivity index (χ0n) is 58.6. The molecule has 1 aliphatic heterocycles. The van der Waals surface area contributed by atoms with Gasteiger partial charge in [0.2, 0.25) is 21.8 Å². The van der Waals surface area contributed by atoms with Crippen LogP contribution in [0.25, 0.3) is 11.1 Å². The number of benzene rings is 2. The summed E-state index contributed by atoms with van der Waals surface area (Å²) in [6.45, 7) is 20.6. The van der Waals surface area contributed by atoms with Crippen LogP contribution in [0.4, 0.5) is 5.69 Å². The Bertz CT molecular complexity index is 3710. The maximum Gasteiger partial charge on any atom is 0.328 e. The molecule has 532 valence electrons. The van der Waals surface area contributed by atoms with Gasteiger partial charge >= 0.3 is 5.97 Å². The third kappa shape index (κ3) is 22.9. The average Bonchev–Trinajstić information content (AvgIpc) is 1.64. The number of methoxy groups -OCH3 is 1. The van der Waals surface area contributed by atoms with Gasteiger partial charge in [-0.3, -0.25) is 28.5 Å². The Morgan fingerprint density at radius 1 is 0.806 bits per heavy atom. The summed E-state index contributed by atoms with van der Waals surface area (Å²) in [7, 11) is -3.40. The van der Waals surface area contributed by atoms with E-state index in [4.69, 9.17) is 28.8 Å². The Kier molecular flexibility index (Phi) is 26.4. The van der Waals surface area contributed by atoms with Gasteiger partial charge < -0.3 is 45.0 Å². The van der Waals surface area contributed by atoms with E-state index in [0.717, 1.165) is 92.2 Å². The molecule has 2 atom stereocenters. The van der Waals surface area contributed by atoms with E-state index in [1.54, 1.807) is 52.0 Å². The minimum absolute atomic E-state index is 0.00100. The van der Waals surface area contributed by atoms with Crippen LogP contribution in [0.1, 0.15) is 142 Å². The van der Waals surface area contributed by atoms with Crippen molar-refractivity contribution in [3.05, 3.63) is 114 Å². The van der Waals surface area contributed by atoms with E-state index < -0.39 is 42.1 Å². The molecule has 0 spiro atoms. The molecule has 4 amide bonds. The molecular weight excluding hydrogens is 1290 g/mol. The highest BCUT2D eigenvalue weighted by molar-refractivity contribution is 7.89. The number of pyridine rings is 1. The zero-order valence-corrected chi connectivity index (χ0v) is 60.4. The SMILES string of the molecule is COC(=O)[C@H](CCC(C)(C)C)NC(=O)c1ccc(Oc2cccc(OCC(=O)NCCOC3CCN(S(=O)(=O)CCCc4cn(CCCCCCn5nccc5C(=O)N[C@H](C(=O)Nc5ccc(-c6c(C)nn(COCC[Si](C)(C)C)c6C)cc5)C(C5CC5)C5CC5)nn4)CC3)c2)nc1. The molecule has 6 aromatic rings. The fourth-order valence-corrected chi connectivity index (χ4v) is 14.6. The number of hydrogen-bond donors (Lipinski definition) is 4. The lowest BCUT2D eigenvalue weighted by Crippen LogP contribution is -2.50. The summed E-state index contributed by atoms with van der Waals surface area (Å²) in [6.07, 6.45) is 15.6. The summed E-state index contributed by atoms with van der Waals surface area (Å²) < 4.78 is 62.2. The van der Waals surface area contributed by atoms with Crippen LogP contribution >= 0.6 is 0 Å². The molecule has 1 saturated heterocycles. The Morgan fingerprint density at radius 2 is 1.53 bits per heavy atom. The van der Waals surface area contributed by atoms with Crippen molar-refractivity contribution in [3.63, 3.8) is 0 Å². The number of esters is 1. The molecule has 27 heteroatoms. The largest absolute Gasteiger partial charge is 0.484 e. The number of rotatable bonds is 39. The minimum Gasteiger partial charge on any atom is -0.484 e. The number of carbonyl (C=O) groups is 5. The lowest BCUT2D eigenvalue weighted by atomic mass is 9.88. The molecule has 0 radical (unpaired) electrons. The third-order valence-corrected chi connectivity index (χ3v) is 21.8. The summed E-state index contributed by atoms with van der Waals surface area (Å²) >= 11 is 0. The van der Waals surface area contributed by atoms with Crippen LogP contribution in [0, 0.1) is 37.0 Å². The number of anilines is 1. The highest BCUT2D eigenvalue weighted by Gasteiger charge is 2.48. The van der Waals surface area contributed by atoms with E-state index >= 15 is 0 Å². The Labute approximate surface area is 577 Å². The van der Waals surface area contributed by atoms with Crippen molar-refractivity contribution >= 4 is 53.4 Å². The summed E-state index contributed by atoms with van der Waals surface area (Å²) in [4.78, 5) is 70.6. The second kappa shape index (κ2) is 34.8. The van der Waals surface area contributed by atoms with E-state index in [-0.39, 0.29) is 72.1 Å². The van der Waals surface area contributed by atoms with Crippen LogP contribution < -0.4 is 30.7 Å². The molecule has 4 aromatic heterocycles. The van der Waals surface area contributed by atoms with Crippen LogP contribution in [0.3, 0.4) is 0 Å². The van der Waals surface area contributed by atoms with Gasteiger partial charge in [-0.15, -0.1) is 5.10 Å². The normalized spacial score (nSPS) is 15.4. The van der Waals surface area contributed by atoms with Gasteiger partial charge in [-0.2, -0.15) is 10.2 Å². The molecule has 0 bridgehead atoms. The summed E-state index contributed by atoms with van der Waals surface area (Å²) in [5.41, 5.74) is 6.07. The first-order valence-electron chi connectivity index (χ1n) is 34.7. The summed E-state index contributed by atoms with van der Waals surface area (Å²) in [6, 6.07) is 19.0. The highest BCUT2D eigenvalue weighted by atomic mass is 32.2. The second-order valence-electron chi connectivity index (χ2n) is 28.6. The van der Waals surface area contributed by atoms with Crippen molar-refractivity contribution in [2.75, 3.05) is 57.6 Å². The molecule has 5 heterocycles. The van der Waals surface area contributed by atoms with Crippen molar-refractivity contribution in [1.29, 1.82) is 0 Å². The number of unbranched alkanes of at least 4 members (excludes halogenated alkanes) is 3. The monoisotopic (exact) mass is 1390 g/mol. The number of carbonyl (C=O) groups excluding carboxylic acids is 5. The summed E-state index contributed by atoms with van der Waals surface area (Å²) in [5.74, 6) is 0.0802. The van der Waals surface area contributed by atoms with E-state index in [9.17, 15) is 32.4 Å². The molecule has 0 unspecified atom stereocenters. The highest BCUT2D eigenvalue weighted by Crippen LogP contribution is 2.51. The predicted molar refractivity (Wildman–Crippen MR) is 375 cm³/mol. The average molecular weight is 1390 g/mol. The lowest BCUT2D eigenvalue weighted by molar-refractivity contribution is -0.143. The van der Waals surface area contributed by atoms with E-state index in [0.29, 0.717) is 106 Å². The molecule has 3 fully saturated rings. The van der Waals surface area contributed by atoms with Gasteiger partial charge in [0.25, 0.3) is 17.7 Å². The van der Waals surface area contributed by atoms with Gasteiger partial charge in [0.1, 0.15) is 36.0 Å². The van der Waals surface area contributed by atoms with Crippen LogP contribution in [0.15, 0.2) is 85.3 Å². The van der Waals surface area contributed by atoms with E-state index in [1.807, 2.05) is 42.1 Å². The number of amides is 4. The third-order valence-electron chi connectivity index (χ3n) is 18.1. The zero-order chi connectivity index (χ0) is 70.0. The van der Waals surface area contributed by atoms with E-state index in [2.05, 4.69) is 89.0 Å². The van der Waals surface area contributed by atoms with E-state index in [1.165, 1.54) is 23.7 Å². The number of nitrogens with zero attached hydrogens (tertiary/aromatic N) is 9. The molecule has 4 N–H and O–H groups in total. The fourth-order valence-electron chi connectivity index (χ4n) is 12.3. The van der Waals surface area contributed by atoms with Gasteiger partial charge in [0, 0.05) is 95.1 Å². The number of piperidine rings is 1. The molecule has 2 saturated carbocycles. The molecule has 9 rings (SSSR count). The lowest BCUT2D eigenvalue weighted by Gasteiger charge is -2.31. The van der Waals surface area contributed by atoms with Crippen molar-refractivity contribution in [3.8, 4) is 28.5 Å². The van der Waals surface area contributed by atoms with Crippen molar-refractivity contribution in [2.45, 2.75) is 188 Å². The smallest absolute Gasteiger partial charge is 0.328 e. The van der Waals surface area contributed by atoms with Crippen LogP contribution in [-0.2, 0) is 64.9 Å². The first-order chi connectivity index (χ1) is 46.9. The van der Waals surface area contributed by atoms with Gasteiger partial charge in [0.15, 0.2) is 6.61 Å². The molecule has 2 aromatic carbocycles. The predicted octanol–water partition coefficient (Wildman–Crippen LogP) is 9.92. The van der Waals surface area contributed by atoms with Crippen LogP contribution in [-0.4, -0.2) is 160 Å². The molecule has 2 aliphatic carbocycles. The quantitative estimate of drug-likeness (QED) is 0.0158. The molecular formula is C71H101N13O12SSi. The number of aromatic nitrogens is 8. The fraction of sp³-hybridized carbons (Fsp3) is 0.577. The first kappa shape index (κ1) is 74.4. The number of nitrogens with one attached hydrogen (secondary N) is 4. The van der Waals surface area contributed by atoms with Gasteiger partial charge in [0.05, 0.1) is 42.5 Å². The Morgan fingerprint density at radius 3 is 2.21 bits per heavy atom. The number of hydrogen-bond acceptors (Lipinski definition) is 17. The molecule has 98 heavy (non-hydrogen) atoms. The second-order valence-corrected chi connectivity index (χ2v) is 36.3. The summed E-state index contributed by atoms with van der Waals surface area (Å²) in [5, 5.41) is 29.8. The molecule has 25 nitrogen and oxygen atoms in total. The van der Waals surface area contributed by atoms with Crippen molar-refractivity contribution < 1.29 is 56.1 Å². The number of ether oxygens (including phenoxy) is 5. The molecule has 3 aliphatic rings. The van der Waals surface area contributed by atoms with Crippen LogP contribution in [0.2, 0.25) is 25.7 Å². The number of aryl methyl sites for hydroxylation is 4. The maximum atomic E-state index is 14.3. The van der Waals surface area contributed by atoms with Crippen molar-refractivity contribution in [2.24, 2.45) is 23.2 Å². The van der Waals surface area contributed by atoms with Crippen molar-refractivity contribution in [1.82, 2.24) is 59.8 Å². The Balaban J connectivity index is 0.620. The van der Waals surface area contributed by atoms with Gasteiger partial charge in [-0.05, 0) is 162 Å². The standard InChI is InChI=1S/C71H101N13O12SSi/c1-49-64(50(2)84(79-49)48-93-41-43-98(7,8)9)51-23-26-55(27-24-51)75-69(88)66(65(52-19-20-52)53-21-22-53)77-68(87)61-30-34-74-83(61)37-13-11-10-12-36-81-46-56(78-80-81)16-15-42-97(90,91)82-38-31-57(32-39-82)94-40-35-72-62(85)47-95-58-17-14-18-59(44-58)96-63-28-25-54(45-73-63)67(86)76-60(70(89)92-6)29-33-71(3,4)5/h14,17-18,23-28,30,34,44-46,52-53,57,60,65-66H,10-13,15-16,19-22,29,31-33,35-43,47-48H2,1-9H3,(H,72,85)(H,75,88)(H,76,86)(H,77,87)/t60-,66-/m0/s1. The van der Waals surface area contributed by atoms with Crippen LogP contribution in [0.5, 0.6) is 17.4 Å².